The summed E-state index contributed by atoms with van der Waals surface area (Å²) in [6, 6.07) is 0. The minimum Gasteiger partial charge on any atom is -0.348 e. The van der Waals surface area contributed by atoms with E-state index in [9.17, 15) is 4.79 Å². The van der Waals surface area contributed by atoms with Gasteiger partial charge in [0.2, 0.25) is 0 Å². The highest BCUT2D eigenvalue weighted by atomic mass is 16.1. The third-order valence-electron chi connectivity index (χ3n) is 2.13. The van der Waals surface area contributed by atoms with Crippen LogP contribution >= 0.6 is 0 Å². The Morgan fingerprint density at radius 2 is 2.33 bits per heavy atom. The van der Waals surface area contributed by atoms with Crippen LogP contribution in [-0.4, -0.2) is 23.9 Å². The molecule has 0 radical (unpaired) electrons. The number of rotatable bonds is 3. The fourth-order valence-corrected chi connectivity index (χ4v) is 1.30. The van der Waals surface area contributed by atoms with Crippen LogP contribution in [0.3, 0.4) is 0 Å². The molecule has 1 aliphatic rings. The molecular formula is C12H16N2O. The molecule has 0 N–H and O–H groups in total. The van der Waals surface area contributed by atoms with Gasteiger partial charge in [0.15, 0.2) is 5.78 Å². The van der Waals surface area contributed by atoms with E-state index in [1.165, 1.54) is 0 Å². The van der Waals surface area contributed by atoms with Gasteiger partial charge in [0.25, 0.3) is 0 Å². The predicted molar refractivity (Wildman–Crippen MR) is 62.5 cm³/mol. The first-order chi connectivity index (χ1) is 7.16. The summed E-state index contributed by atoms with van der Waals surface area (Å²) in [5.74, 6) is 0.0586. The van der Waals surface area contributed by atoms with Gasteiger partial charge in [-0.1, -0.05) is 19.1 Å². The minimum atomic E-state index is 0.0586. The van der Waals surface area contributed by atoms with E-state index < -0.39 is 0 Å². The molecule has 3 heteroatoms. The summed E-state index contributed by atoms with van der Waals surface area (Å²) in [7, 11) is 1.90. The fourth-order valence-electron chi connectivity index (χ4n) is 1.30. The molecule has 0 spiro atoms. The molecule has 0 bridgehead atoms. The van der Waals surface area contributed by atoms with Crippen molar-refractivity contribution in [2.24, 2.45) is 4.99 Å². The van der Waals surface area contributed by atoms with E-state index in [-0.39, 0.29) is 5.78 Å². The average molecular weight is 204 g/mol. The Morgan fingerprint density at radius 1 is 1.60 bits per heavy atom. The molecule has 0 atom stereocenters. The van der Waals surface area contributed by atoms with Crippen LogP contribution in [0.1, 0.15) is 20.3 Å². The largest absolute Gasteiger partial charge is 0.348 e. The highest BCUT2D eigenvalue weighted by Crippen LogP contribution is 2.13. The third-order valence-corrected chi connectivity index (χ3v) is 2.13. The summed E-state index contributed by atoms with van der Waals surface area (Å²) < 4.78 is 0. The molecule has 15 heavy (non-hydrogen) atoms. The topological polar surface area (TPSA) is 32.7 Å². The van der Waals surface area contributed by atoms with Crippen LogP contribution in [0.25, 0.3) is 0 Å². The molecule has 0 saturated carbocycles. The van der Waals surface area contributed by atoms with Gasteiger partial charge in [-0.25, -0.2) is 0 Å². The van der Waals surface area contributed by atoms with E-state index in [0.29, 0.717) is 5.57 Å². The lowest BCUT2D eigenvalue weighted by Gasteiger charge is -2.19. The van der Waals surface area contributed by atoms with Crippen molar-refractivity contribution in [3.8, 4) is 0 Å². The number of hydrogen-bond acceptors (Lipinski definition) is 3. The smallest absolute Gasteiger partial charge is 0.161 e. The number of nitrogens with zero attached hydrogens (tertiary/aromatic N) is 2. The highest BCUT2D eigenvalue weighted by Gasteiger charge is 2.11. The van der Waals surface area contributed by atoms with Gasteiger partial charge >= 0.3 is 0 Å². The van der Waals surface area contributed by atoms with Gasteiger partial charge in [0, 0.05) is 25.0 Å². The molecule has 0 aliphatic carbocycles. The Morgan fingerprint density at radius 3 is 2.87 bits per heavy atom. The molecule has 3 nitrogen and oxygen atoms in total. The van der Waals surface area contributed by atoms with Crippen LogP contribution in [0.15, 0.2) is 40.8 Å². The number of carbonyl (C=O) groups excluding carboxylic acids is 1. The van der Waals surface area contributed by atoms with Crippen molar-refractivity contribution in [1.82, 2.24) is 4.90 Å². The van der Waals surface area contributed by atoms with Gasteiger partial charge in [-0.05, 0) is 13.3 Å². The maximum atomic E-state index is 11.5. The van der Waals surface area contributed by atoms with Crippen LogP contribution in [-0.2, 0) is 4.79 Å². The number of carbonyl (C=O) groups is 1. The summed E-state index contributed by atoms with van der Waals surface area (Å²) in [6.07, 6.45) is 9.99. The maximum absolute atomic E-state index is 11.5. The molecule has 1 heterocycles. The lowest BCUT2D eigenvalue weighted by atomic mass is 10.1. The SMILES string of the molecule is CC/C=C\C(C(C)=O)=C1\C=NC=CN1C. The Hall–Kier alpha value is -1.64. The summed E-state index contributed by atoms with van der Waals surface area (Å²) in [4.78, 5) is 17.4. The highest BCUT2D eigenvalue weighted by molar-refractivity contribution is 6.02. The van der Waals surface area contributed by atoms with Crippen molar-refractivity contribution < 1.29 is 4.79 Å². The lowest BCUT2D eigenvalue weighted by Crippen LogP contribution is -2.18. The molecule has 0 aromatic rings. The second-order valence-corrected chi connectivity index (χ2v) is 3.35. The molecule has 0 unspecified atom stereocenters. The third kappa shape index (κ3) is 2.91. The summed E-state index contributed by atoms with van der Waals surface area (Å²) in [5.41, 5.74) is 1.54. The van der Waals surface area contributed by atoms with Gasteiger partial charge < -0.3 is 4.90 Å². The van der Waals surface area contributed by atoms with Gasteiger partial charge in [-0.2, -0.15) is 0 Å². The van der Waals surface area contributed by atoms with E-state index >= 15 is 0 Å². The first-order valence-corrected chi connectivity index (χ1v) is 5.01. The van der Waals surface area contributed by atoms with Crippen LogP contribution in [0.2, 0.25) is 0 Å². The quantitative estimate of drug-likeness (QED) is 0.661. The van der Waals surface area contributed by atoms with E-state index in [2.05, 4.69) is 4.99 Å². The molecule has 0 aromatic heterocycles. The normalized spacial score (nSPS) is 18.7. The molecule has 0 saturated heterocycles. The Bertz CT molecular complexity index is 362. The number of Topliss-reactive ketones (excluding diaryl/α,β-unsaturated/α-hetero) is 1. The summed E-state index contributed by atoms with van der Waals surface area (Å²) in [5, 5.41) is 0. The zero-order valence-electron chi connectivity index (χ0n) is 9.40. The Kier molecular flexibility index (Phi) is 4.03. The zero-order valence-corrected chi connectivity index (χ0v) is 9.40. The van der Waals surface area contributed by atoms with Crippen molar-refractivity contribution in [3.05, 3.63) is 35.8 Å². The van der Waals surface area contributed by atoms with Gasteiger partial charge in [0.1, 0.15) is 0 Å². The minimum absolute atomic E-state index is 0.0586. The monoisotopic (exact) mass is 204 g/mol. The summed E-state index contributed by atoms with van der Waals surface area (Å²) in [6.45, 7) is 3.61. The van der Waals surface area contributed by atoms with Crippen LogP contribution < -0.4 is 0 Å². The van der Waals surface area contributed by atoms with Crippen LogP contribution in [0.5, 0.6) is 0 Å². The molecule has 80 valence electrons. The van der Waals surface area contributed by atoms with Crippen molar-refractivity contribution in [2.75, 3.05) is 7.05 Å². The predicted octanol–water partition coefficient (Wildman–Crippen LogP) is 2.28. The second-order valence-electron chi connectivity index (χ2n) is 3.35. The van der Waals surface area contributed by atoms with Crippen LogP contribution in [0, 0.1) is 0 Å². The Balaban J connectivity index is 3.10. The number of allylic oxidation sites excluding steroid dienone is 4. The van der Waals surface area contributed by atoms with Crippen molar-refractivity contribution in [2.45, 2.75) is 20.3 Å². The van der Waals surface area contributed by atoms with Crippen LogP contribution in [0.4, 0.5) is 0 Å². The van der Waals surface area contributed by atoms with Gasteiger partial charge in [-0.15, -0.1) is 0 Å². The lowest BCUT2D eigenvalue weighted by molar-refractivity contribution is -0.113. The number of hydrogen-bond donors (Lipinski definition) is 0. The number of ketones is 1. The van der Waals surface area contributed by atoms with E-state index in [4.69, 9.17) is 0 Å². The van der Waals surface area contributed by atoms with Gasteiger partial charge in [0.05, 0.1) is 11.9 Å². The van der Waals surface area contributed by atoms with Crippen molar-refractivity contribution in [1.29, 1.82) is 0 Å². The van der Waals surface area contributed by atoms with E-state index in [0.717, 1.165) is 12.1 Å². The molecular weight excluding hydrogens is 188 g/mol. The maximum Gasteiger partial charge on any atom is 0.161 e. The molecule has 0 amide bonds. The zero-order chi connectivity index (χ0) is 11.3. The Labute approximate surface area is 90.5 Å². The van der Waals surface area contributed by atoms with Gasteiger partial charge in [-0.3, -0.25) is 9.79 Å². The molecule has 0 fully saturated rings. The van der Waals surface area contributed by atoms with E-state index in [1.807, 2.05) is 37.2 Å². The fraction of sp³-hybridized carbons (Fsp3) is 0.333. The molecule has 1 rings (SSSR count). The van der Waals surface area contributed by atoms with E-state index in [1.54, 1.807) is 19.3 Å². The summed E-state index contributed by atoms with van der Waals surface area (Å²) >= 11 is 0. The standard InChI is InChI=1S/C12H16N2O/c1-4-5-6-11(10(2)15)12-9-13-7-8-14(12)3/h5-9H,4H2,1-3H3/b6-5-,12-11+. The molecule has 0 aromatic carbocycles. The average Bonchev–Trinajstić information content (AvgIpc) is 2.20. The molecule has 1 aliphatic heterocycles. The first-order valence-electron chi connectivity index (χ1n) is 5.01. The first kappa shape index (κ1) is 11.4. The second kappa shape index (κ2) is 5.29. The number of aliphatic imine (C=N–C) groups is 1. The van der Waals surface area contributed by atoms with Crippen molar-refractivity contribution >= 4 is 12.0 Å². The van der Waals surface area contributed by atoms with Crippen molar-refractivity contribution in [3.63, 3.8) is 0 Å².